The second kappa shape index (κ2) is 13.3. The second-order valence-electron chi connectivity index (χ2n) is 9.59. The molecule has 0 atom stereocenters. The van der Waals surface area contributed by atoms with Crippen molar-refractivity contribution in [2.75, 3.05) is 52.7 Å². The van der Waals surface area contributed by atoms with Crippen molar-refractivity contribution in [3.8, 4) is 28.8 Å². The molecule has 0 amide bonds. The molecule has 0 saturated carbocycles. The van der Waals surface area contributed by atoms with Crippen LogP contribution in [0.15, 0.2) is 54.7 Å². The summed E-state index contributed by atoms with van der Waals surface area (Å²) in [6, 6.07) is 17.9. The number of benzene rings is 2. The van der Waals surface area contributed by atoms with Gasteiger partial charge >= 0.3 is 0 Å². The van der Waals surface area contributed by atoms with E-state index in [1.54, 1.807) is 6.20 Å². The van der Waals surface area contributed by atoms with Crippen molar-refractivity contribution in [3.05, 3.63) is 71.7 Å². The van der Waals surface area contributed by atoms with Gasteiger partial charge in [-0.3, -0.25) is 4.90 Å². The quantitative estimate of drug-likeness (QED) is 0.371. The zero-order valence-electron chi connectivity index (χ0n) is 21.7. The van der Waals surface area contributed by atoms with Crippen LogP contribution in [0.5, 0.6) is 11.5 Å². The van der Waals surface area contributed by atoms with E-state index in [1.165, 1.54) is 0 Å². The molecule has 5 rings (SSSR count). The van der Waals surface area contributed by atoms with E-state index in [9.17, 15) is 5.26 Å². The van der Waals surface area contributed by atoms with Crippen LogP contribution in [-0.4, -0.2) is 73.6 Å². The van der Waals surface area contributed by atoms with Crippen molar-refractivity contribution >= 4 is 0 Å². The number of rotatable bonds is 10. The fourth-order valence-corrected chi connectivity index (χ4v) is 4.69. The molecule has 8 heteroatoms. The van der Waals surface area contributed by atoms with Gasteiger partial charge in [0.05, 0.1) is 44.3 Å². The molecule has 1 aromatic heterocycles. The van der Waals surface area contributed by atoms with Gasteiger partial charge in [-0.05, 0) is 48.4 Å². The van der Waals surface area contributed by atoms with Gasteiger partial charge in [0.1, 0.15) is 29.5 Å². The lowest BCUT2D eigenvalue weighted by Crippen LogP contribution is -2.37. The molecule has 0 radical (unpaired) electrons. The predicted molar refractivity (Wildman–Crippen MR) is 143 cm³/mol. The summed E-state index contributed by atoms with van der Waals surface area (Å²) in [4.78, 5) is 11.6. The molecule has 198 valence electrons. The Hall–Kier alpha value is -3.51. The molecular weight excluding hydrogens is 480 g/mol. The van der Waals surface area contributed by atoms with Crippen molar-refractivity contribution in [2.45, 2.75) is 31.8 Å². The Morgan fingerprint density at radius 1 is 0.974 bits per heavy atom. The van der Waals surface area contributed by atoms with E-state index in [-0.39, 0.29) is 6.10 Å². The van der Waals surface area contributed by atoms with E-state index < -0.39 is 0 Å². The highest BCUT2D eigenvalue weighted by molar-refractivity contribution is 5.64. The third-order valence-corrected chi connectivity index (χ3v) is 6.84. The van der Waals surface area contributed by atoms with Crippen LogP contribution in [0, 0.1) is 11.3 Å². The van der Waals surface area contributed by atoms with Gasteiger partial charge in [-0.25, -0.2) is 9.97 Å². The van der Waals surface area contributed by atoms with Crippen LogP contribution in [0.3, 0.4) is 0 Å². The predicted octanol–water partition coefficient (Wildman–Crippen LogP) is 4.26. The average molecular weight is 515 g/mol. The Bertz CT molecular complexity index is 1220. The van der Waals surface area contributed by atoms with E-state index in [0.29, 0.717) is 37.6 Å². The molecule has 38 heavy (non-hydrogen) atoms. The molecule has 2 fully saturated rings. The lowest BCUT2D eigenvalue weighted by atomic mass is 10.1. The summed E-state index contributed by atoms with van der Waals surface area (Å²) in [6.45, 7) is 6.80. The Labute approximate surface area is 224 Å². The van der Waals surface area contributed by atoms with Gasteiger partial charge in [0, 0.05) is 50.7 Å². The molecule has 8 nitrogen and oxygen atoms in total. The highest BCUT2D eigenvalue weighted by Crippen LogP contribution is 2.28. The minimum atomic E-state index is 0.0826. The first-order valence-electron chi connectivity index (χ1n) is 13.4. The highest BCUT2D eigenvalue weighted by atomic mass is 16.5. The van der Waals surface area contributed by atoms with Crippen LogP contribution >= 0.6 is 0 Å². The maximum Gasteiger partial charge on any atom is 0.137 e. The van der Waals surface area contributed by atoms with Gasteiger partial charge < -0.3 is 18.9 Å². The SMILES string of the molecule is N#Cc1cc(-c2ccnc(Cc3ccc(OCCCN4CCOCC4)cc3)n2)ccc1OC1CCOCC1. The molecule has 0 spiro atoms. The monoisotopic (exact) mass is 514 g/mol. The van der Waals surface area contributed by atoms with Gasteiger partial charge in [-0.15, -0.1) is 0 Å². The number of ether oxygens (including phenoxy) is 4. The van der Waals surface area contributed by atoms with Gasteiger partial charge in [-0.1, -0.05) is 12.1 Å². The summed E-state index contributed by atoms with van der Waals surface area (Å²) in [5, 5.41) is 9.71. The molecule has 2 saturated heterocycles. The molecule has 2 aromatic carbocycles. The Kier molecular flexibility index (Phi) is 9.16. The zero-order chi connectivity index (χ0) is 26.0. The Morgan fingerprint density at radius 3 is 2.55 bits per heavy atom. The lowest BCUT2D eigenvalue weighted by Gasteiger charge is -2.26. The summed E-state index contributed by atoms with van der Waals surface area (Å²) < 4.78 is 22.8. The number of nitrogens with zero attached hydrogens (tertiary/aromatic N) is 4. The largest absolute Gasteiger partial charge is 0.494 e. The van der Waals surface area contributed by atoms with E-state index >= 15 is 0 Å². The van der Waals surface area contributed by atoms with Crippen LogP contribution in [0.4, 0.5) is 0 Å². The van der Waals surface area contributed by atoms with Crippen molar-refractivity contribution in [1.29, 1.82) is 5.26 Å². The van der Waals surface area contributed by atoms with Gasteiger partial charge in [0.2, 0.25) is 0 Å². The summed E-state index contributed by atoms with van der Waals surface area (Å²) in [7, 11) is 0. The van der Waals surface area contributed by atoms with Crippen molar-refractivity contribution in [2.24, 2.45) is 0 Å². The maximum absolute atomic E-state index is 9.71. The number of hydrogen-bond acceptors (Lipinski definition) is 8. The fraction of sp³-hybridized carbons (Fsp3) is 0.433. The zero-order valence-corrected chi connectivity index (χ0v) is 21.7. The first-order chi connectivity index (χ1) is 18.8. The smallest absolute Gasteiger partial charge is 0.137 e. The molecule has 0 aliphatic carbocycles. The summed E-state index contributed by atoms with van der Waals surface area (Å²) in [5.41, 5.74) is 3.27. The van der Waals surface area contributed by atoms with Crippen LogP contribution in [0.25, 0.3) is 11.3 Å². The van der Waals surface area contributed by atoms with Gasteiger partial charge in [0.25, 0.3) is 0 Å². The Morgan fingerprint density at radius 2 is 1.76 bits per heavy atom. The van der Waals surface area contributed by atoms with Crippen molar-refractivity contribution < 1.29 is 18.9 Å². The third kappa shape index (κ3) is 7.29. The number of hydrogen-bond donors (Lipinski definition) is 0. The minimum absolute atomic E-state index is 0.0826. The van der Waals surface area contributed by atoms with Crippen LogP contribution in [0.2, 0.25) is 0 Å². The molecule has 2 aliphatic heterocycles. The van der Waals surface area contributed by atoms with E-state index in [0.717, 1.165) is 80.5 Å². The van der Waals surface area contributed by atoms with Crippen molar-refractivity contribution in [3.63, 3.8) is 0 Å². The topological polar surface area (TPSA) is 89.7 Å². The standard InChI is InChI=1S/C30H34N4O4/c31-22-25-21-24(4-7-29(25)38-27-9-16-35-17-10-27)28-8-11-32-30(33-28)20-23-2-5-26(6-3-23)37-15-1-12-34-13-18-36-19-14-34/h2-8,11,21,27H,1,9-10,12-20H2. The molecule has 2 aliphatic rings. The number of nitriles is 1. The Balaban J connectivity index is 1.16. The van der Waals surface area contributed by atoms with Crippen LogP contribution < -0.4 is 9.47 Å². The average Bonchev–Trinajstić information content (AvgIpc) is 2.98. The van der Waals surface area contributed by atoms with Gasteiger partial charge in [-0.2, -0.15) is 5.26 Å². The molecule has 0 N–H and O–H groups in total. The second-order valence-corrected chi connectivity index (χ2v) is 9.59. The maximum atomic E-state index is 9.71. The molecule has 3 aromatic rings. The number of aromatic nitrogens is 2. The number of morpholine rings is 1. The molecule has 0 bridgehead atoms. The first kappa shape index (κ1) is 26.1. The summed E-state index contributed by atoms with van der Waals surface area (Å²) in [6.07, 6.45) is 5.13. The first-order valence-corrected chi connectivity index (χ1v) is 13.4. The van der Waals surface area contributed by atoms with Crippen LogP contribution in [-0.2, 0) is 15.9 Å². The molecule has 3 heterocycles. The third-order valence-electron chi connectivity index (χ3n) is 6.84. The highest BCUT2D eigenvalue weighted by Gasteiger charge is 2.18. The van der Waals surface area contributed by atoms with Crippen LogP contribution in [0.1, 0.15) is 36.2 Å². The fourth-order valence-electron chi connectivity index (χ4n) is 4.69. The summed E-state index contributed by atoms with van der Waals surface area (Å²) in [5.74, 6) is 2.21. The normalized spacial score (nSPS) is 16.6. The van der Waals surface area contributed by atoms with E-state index in [1.807, 2.05) is 36.4 Å². The van der Waals surface area contributed by atoms with Gasteiger partial charge in [0.15, 0.2) is 0 Å². The van der Waals surface area contributed by atoms with E-state index in [2.05, 4.69) is 28.1 Å². The lowest BCUT2D eigenvalue weighted by molar-refractivity contribution is 0.0254. The van der Waals surface area contributed by atoms with E-state index in [4.69, 9.17) is 23.9 Å². The molecule has 0 unspecified atom stereocenters. The molecular formula is C30H34N4O4. The summed E-state index contributed by atoms with van der Waals surface area (Å²) >= 11 is 0. The van der Waals surface area contributed by atoms with Crippen molar-refractivity contribution in [1.82, 2.24) is 14.9 Å². The minimum Gasteiger partial charge on any atom is -0.494 e.